The number of hydrogen-bond acceptors (Lipinski definition) is 1. The smallest absolute Gasteiger partial charge is 0.251 e. The minimum atomic E-state index is 0.0657. The van der Waals surface area contributed by atoms with Gasteiger partial charge in [-0.15, -0.1) is 0 Å². The summed E-state index contributed by atoms with van der Waals surface area (Å²) in [6, 6.07) is 0. The van der Waals surface area contributed by atoms with Gasteiger partial charge >= 0.3 is 0 Å². The molecular formula is C17H24N2O. The van der Waals surface area contributed by atoms with Gasteiger partial charge in [0.05, 0.1) is 0 Å². The fourth-order valence-electron chi connectivity index (χ4n) is 2.99. The number of carbonyl (C=O) groups excluding carboxylic acids is 1. The number of carbonyl (C=O) groups is 1. The molecule has 1 aliphatic heterocycles. The van der Waals surface area contributed by atoms with E-state index in [4.69, 9.17) is 0 Å². The Balaban J connectivity index is 2.44. The van der Waals surface area contributed by atoms with E-state index in [1.54, 1.807) is 0 Å². The van der Waals surface area contributed by atoms with Crippen molar-refractivity contribution in [3.63, 3.8) is 0 Å². The zero-order chi connectivity index (χ0) is 14.7. The summed E-state index contributed by atoms with van der Waals surface area (Å²) in [5, 5.41) is 3.01. The van der Waals surface area contributed by atoms with Crippen LogP contribution in [0, 0.1) is 0 Å². The Bertz CT molecular complexity index is 576. The Hall–Kier alpha value is -1.77. The number of H-pyrrole nitrogens is 1. The molecule has 1 aromatic rings. The molecule has 1 aliphatic rings. The van der Waals surface area contributed by atoms with Crippen molar-refractivity contribution >= 4 is 12.0 Å². The zero-order valence-corrected chi connectivity index (χ0v) is 12.9. The summed E-state index contributed by atoms with van der Waals surface area (Å²) in [5.41, 5.74) is 6.90. The van der Waals surface area contributed by atoms with Gasteiger partial charge in [0.25, 0.3) is 5.91 Å². The number of aryl methyl sites for hydroxylation is 1. The lowest BCUT2D eigenvalue weighted by molar-refractivity contribution is -0.116. The van der Waals surface area contributed by atoms with Crippen LogP contribution in [0.5, 0.6) is 0 Å². The van der Waals surface area contributed by atoms with Crippen molar-refractivity contribution in [1.29, 1.82) is 0 Å². The van der Waals surface area contributed by atoms with E-state index >= 15 is 0 Å². The molecule has 3 nitrogen and oxygen atoms in total. The topological polar surface area (TPSA) is 44.9 Å². The van der Waals surface area contributed by atoms with Crippen LogP contribution in [-0.2, 0) is 17.6 Å². The number of allylic oxidation sites excluding steroid dienone is 1. The first kappa shape index (κ1) is 14.6. The number of hydrogen-bond donors (Lipinski definition) is 2. The standard InChI is InChI=1S/C17H24N2O/c1-5-11-10-18-15(12(11)6-2)9-16-13(7-3)14(8-4)17(20)19-16/h9-10,18H,5-8H2,1-4H3,(H,19,20)/b16-9-. The molecule has 0 fully saturated rings. The van der Waals surface area contributed by atoms with Crippen LogP contribution in [0.1, 0.15) is 57.4 Å². The highest BCUT2D eigenvalue weighted by Gasteiger charge is 2.24. The van der Waals surface area contributed by atoms with E-state index in [0.29, 0.717) is 0 Å². The highest BCUT2D eigenvalue weighted by molar-refractivity contribution is 6.01. The van der Waals surface area contributed by atoms with E-state index in [9.17, 15) is 4.79 Å². The lowest BCUT2D eigenvalue weighted by atomic mass is 10.0. The number of rotatable bonds is 5. The Labute approximate surface area is 121 Å². The molecule has 2 rings (SSSR count). The van der Waals surface area contributed by atoms with Crippen molar-refractivity contribution in [1.82, 2.24) is 10.3 Å². The van der Waals surface area contributed by atoms with Crippen LogP contribution in [0.4, 0.5) is 0 Å². The first-order valence-corrected chi connectivity index (χ1v) is 7.60. The van der Waals surface area contributed by atoms with Crippen molar-refractivity contribution in [2.75, 3.05) is 0 Å². The van der Waals surface area contributed by atoms with Gasteiger partial charge in [0.15, 0.2) is 0 Å². The molecule has 1 aromatic heterocycles. The fourth-order valence-corrected chi connectivity index (χ4v) is 2.99. The molecular weight excluding hydrogens is 248 g/mol. The average molecular weight is 272 g/mol. The van der Waals surface area contributed by atoms with Crippen molar-refractivity contribution < 1.29 is 4.79 Å². The highest BCUT2D eigenvalue weighted by atomic mass is 16.1. The van der Waals surface area contributed by atoms with Gasteiger partial charge in [0.2, 0.25) is 0 Å². The maximum Gasteiger partial charge on any atom is 0.251 e. The highest BCUT2D eigenvalue weighted by Crippen LogP contribution is 2.28. The lowest BCUT2D eigenvalue weighted by Crippen LogP contribution is -2.16. The molecule has 20 heavy (non-hydrogen) atoms. The largest absolute Gasteiger partial charge is 0.361 e. The lowest BCUT2D eigenvalue weighted by Gasteiger charge is -2.05. The van der Waals surface area contributed by atoms with Gasteiger partial charge < -0.3 is 10.3 Å². The number of aromatic amines is 1. The van der Waals surface area contributed by atoms with Crippen LogP contribution in [0.15, 0.2) is 23.0 Å². The average Bonchev–Trinajstić information content (AvgIpc) is 2.98. The summed E-state index contributed by atoms with van der Waals surface area (Å²) in [4.78, 5) is 15.3. The van der Waals surface area contributed by atoms with Gasteiger partial charge in [-0.05, 0) is 48.5 Å². The second kappa shape index (κ2) is 6.12. The third kappa shape index (κ3) is 2.45. The van der Waals surface area contributed by atoms with E-state index in [1.165, 1.54) is 11.1 Å². The van der Waals surface area contributed by atoms with Gasteiger partial charge in [-0.1, -0.05) is 27.7 Å². The van der Waals surface area contributed by atoms with Gasteiger partial charge in [-0.3, -0.25) is 4.79 Å². The van der Waals surface area contributed by atoms with E-state index < -0.39 is 0 Å². The molecule has 3 heteroatoms. The molecule has 0 aliphatic carbocycles. The third-order valence-electron chi connectivity index (χ3n) is 4.06. The molecule has 0 unspecified atom stereocenters. The molecule has 0 aromatic carbocycles. The molecule has 2 N–H and O–H groups in total. The van der Waals surface area contributed by atoms with Crippen LogP contribution >= 0.6 is 0 Å². The summed E-state index contributed by atoms with van der Waals surface area (Å²) in [6.07, 6.45) is 7.89. The van der Waals surface area contributed by atoms with Crippen LogP contribution in [0.2, 0.25) is 0 Å². The monoisotopic (exact) mass is 272 g/mol. The Morgan fingerprint density at radius 1 is 1.00 bits per heavy atom. The number of nitrogens with one attached hydrogen (secondary N) is 2. The predicted octanol–water partition coefficient (Wildman–Crippen LogP) is 3.73. The molecule has 0 saturated heterocycles. The zero-order valence-electron chi connectivity index (χ0n) is 12.9. The second-order valence-electron chi connectivity index (χ2n) is 5.09. The van der Waals surface area contributed by atoms with Gasteiger partial charge in [-0.25, -0.2) is 0 Å². The predicted molar refractivity (Wildman–Crippen MR) is 83.3 cm³/mol. The van der Waals surface area contributed by atoms with E-state index in [-0.39, 0.29) is 5.91 Å². The summed E-state index contributed by atoms with van der Waals surface area (Å²) < 4.78 is 0. The van der Waals surface area contributed by atoms with Gasteiger partial charge in [0.1, 0.15) is 0 Å². The van der Waals surface area contributed by atoms with Crippen LogP contribution in [0.25, 0.3) is 6.08 Å². The third-order valence-corrected chi connectivity index (χ3v) is 4.06. The molecule has 0 spiro atoms. The first-order chi connectivity index (χ1) is 9.65. The summed E-state index contributed by atoms with van der Waals surface area (Å²) in [7, 11) is 0. The first-order valence-electron chi connectivity index (χ1n) is 7.60. The minimum Gasteiger partial charge on any atom is -0.361 e. The van der Waals surface area contributed by atoms with Gasteiger partial charge in [-0.2, -0.15) is 0 Å². The second-order valence-corrected chi connectivity index (χ2v) is 5.09. The van der Waals surface area contributed by atoms with Crippen molar-refractivity contribution in [2.45, 2.75) is 53.4 Å². The quantitative estimate of drug-likeness (QED) is 0.843. The molecule has 0 saturated carbocycles. The van der Waals surface area contributed by atoms with Crippen molar-refractivity contribution in [2.24, 2.45) is 0 Å². The summed E-state index contributed by atoms with van der Waals surface area (Å²) in [5.74, 6) is 0.0657. The molecule has 2 heterocycles. The van der Waals surface area contributed by atoms with E-state index in [2.05, 4.69) is 43.3 Å². The number of aromatic nitrogens is 1. The molecule has 108 valence electrons. The van der Waals surface area contributed by atoms with Crippen molar-refractivity contribution in [3.05, 3.63) is 39.9 Å². The van der Waals surface area contributed by atoms with E-state index in [1.807, 2.05) is 6.92 Å². The summed E-state index contributed by atoms with van der Waals surface area (Å²) in [6.45, 7) is 8.48. The maximum absolute atomic E-state index is 12.0. The van der Waals surface area contributed by atoms with Crippen LogP contribution in [0.3, 0.4) is 0 Å². The van der Waals surface area contributed by atoms with Gasteiger partial charge in [0, 0.05) is 23.2 Å². The SMILES string of the molecule is CCC1=C(CC)/C(=C/c2[nH]cc(CC)c2CC)NC1=O. The van der Waals surface area contributed by atoms with E-state index in [0.717, 1.165) is 48.2 Å². The molecule has 0 bridgehead atoms. The Morgan fingerprint density at radius 2 is 1.70 bits per heavy atom. The minimum absolute atomic E-state index is 0.0657. The molecule has 0 radical (unpaired) electrons. The molecule has 1 amide bonds. The molecule has 0 atom stereocenters. The Morgan fingerprint density at radius 3 is 2.25 bits per heavy atom. The van der Waals surface area contributed by atoms with Crippen LogP contribution in [-0.4, -0.2) is 10.9 Å². The van der Waals surface area contributed by atoms with Crippen molar-refractivity contribution in [3.8, 4) is 0 Å². The summed E-state index contributed by atoms with van der Waals surface area (Å²) >= 11 is 0. The Kier molecular flexibility index (Phi) is 4.48. The van der Waals surface area contributed by atoms with Crippen LogP contribution < -0.4 is 5.32 Å². The number of amides is 1. The maximum atomic E-state index is 12.0. The fraction of sp³-hybridized carbons (Fsp3) is 0.471. The normalized spacial score (nSPS) is 17.2.